The van der Waals surface area contributed by atoms with Crippen LogP contribution in [0.5, 0.6) is 0 Å². The Kier molecular flexibility index (Phi) is 5.13. The molecule has 19 heavy (non-hydrogen) atoms. The van der Waals surface area contributed by atoms with Crippen molar-refractivity contribution >= 4 is 11.8 Å². The quantitative estimate of drug-likeness (QED) is 0.569. The van der Waals surface area contributed by atoms with E-state index in [0.717, 1.165) is 12.8 Å². The SMILES string of the molecule is CCOC1(C(=O)C(C)C(=O)OC(C)(C)C)CCCC1. The van der Waals surface area contributed by atoms with Crippen LogP contribution in [-0.2, 0) is 19.1 Å². The summed E-state index contributed by atoms with van der Waals surface area (Å²) >= 11 is 0. The molecule has 1 atom stereocenters. The van der Waals surface area contributed by atoms with Gasteiger partial charge in [-0.05, 0) is 60.3 Å². The Balaban J connectivity index is 2.77. The first-order valence-electron chi connectivity index (χ1n) is 7.13. The van der Waals surface area contributed by atoms with Gasteiger partial charge in [-0.3, -0.25) is 9.59 Å². The number of hydrogen-bond donors (Lipinski definition) is 0. The Labute approximate surface area is 115 Å². The van der Waals surface area contributed by atoms with Gasteiger partial charge in [-0.15, -0.1) is 0 Å². The molecule has 0 saturated heterocycles. The predicted octanol–water partition coefficient (Wildman–Crippen LogP) is 2.88. The molecule has 1 rings (SSSR count). The number of rotatable bonds is 5. The summed E-state index contributed by atoms with van der Waals surface area (Å²) in [5.74, 6) is -1.34. The maximum Gasteiger partial charge on any atom is 0.316 e. The van der Waals surface area contributed by atoms with Crippen LogP contribution in [0.3, 0.4) is 0 Å². The van der Waals surface area contributed by atoms with Gasteiger partial charge in [0.05, 0.1) is 0 Å². The van der Waals surface area contributed by atoms with Crippen molar-refractivity contribution < 1.29 is 19.1 Å². The molecule has 0 N–H and O–H groups in total. The van der Waals surface area contributed by atoms with Crippen LogP contribution in [0.15, 0.2) is 0 Å². The van der Waals surface area contributed by atoms with E-state index in [1.807, 2.05) is 6.92 Å². The summed E-state index contributed by atoms with van der Waals surface area (Å²) in [4.78, 5) is 24.6. The second-order valence-electron chi connectivity index (χ2n) is 6.25. The van der Waals surface area contributed by atoms with Gasteiger partial charge in [0.1, 0.15) is 17.1 Å². The smallest absolute Gasteiger partial charge is 0.316 e. The van der Waals surface area contributed by atoms with Crippen molar-refractivity contribution in [2.45, 2.75) is 71.5 Å². The summed E-state index contributed by atoms with van der Waals surface area (Å²) < 4.78 is 11.0. The van der Waals surface area contributed by atoms with E-state index in [1.54, 1.807) is 27.7 Å². The zero-order chi connectivity index (χ0) is 14.7. The fraction of sp³-hybridized carbons (Fsp3) is 0.867. The van der Waals surface area contributed by atoms with Crippen LogP contribution in [0.1, 0.15) is 60.3 Å². The highest BCUT2D eigenvalue weighted by molar-refractivity contribution is 6.03. The summed E-state index contributed by atoms with van der Waals surface area (Å²) in [6, 6.07) is 0. The van der Waals surface area contributed by atoms with E-state index in [1.165, 1.54) is 0 Å². The molecule has 1 unspecified atom stereocenters. The van der Waals surface area contributed by atoms with E-state index in [9.17, 15) is 9.59 Å². The standard InChI is InChI=1S/C15H26O4/c1-6-18-15(9-7-8-10-15)12(16)11(2)13(17)19-14(3,4)5/h11H,6-10H2,1-5H3. The highest BCUT2D eigenvalue weighted by atomic mass is 16.6. The summed E-state index contributed by atoms with van der Waals surface area (Å²) in [6.45, 7) is 9.40. The van der Waals surface area contributed by atoms with E-state index in [2.05, 4.69) is 0 Å². The van der Waals surface area contributed by atoms with Gasteiger partial charge in [0, 0.05) is 6.61 Å². The van der Waals surface area contributed by atoms with E-state index in [0.29, 0.717) is 19.4 Å². The lowest BCUT2D eigenvalue weighted by Gasteiger charge is -2.30. The highest BCUT2D eigenvalue weighted by Gasteiger charge is 2.46. The highest BCUT2D eigenvalue weighted by Crippen LogP contribution is 2.36. The molecule has 0 spiro atoms. The van der Waals surface area contributed by atoms with Crippen LogP contribution in [0.25, 0.3) is 0 Å². The zero-order valence-corrected chi connectivity index (χ0v) is 12.7. The molecule has 0 heterocycles. The molecule has 1 aliphatic carbocycles. The van der Waals surface area contributed by atoms with Crippen molar-refractivity contribution in [1.29, 1.82) is 0 Å². The number of carbonyl (C=O) groups excluding carboxylic acids is 2. The maximum atomic E-state index is 12.6. The average Bonchev–Trinajstić information content (AvgIpc) is 2.75. The van der Waals surface area contributed by atoms with E-state index < -0.39 is 23.1 Å². The third-order valence-electron chi connectivity index (χ3n) is 3.43. The second-order valence-corrected chi connectivity index (χ2v) is 6.25. The molecule has 0 aliphatic heterocycles. The molecule has 1 fully saturated rings. The van der Waals surface area contributed by atoms with Crippen molar-refractivity contribution in [2.24, 2.45) is 5.92 Å². The van der Waals surface area contributed by atoms with Crippen molar-refractivity contribution in [1.82, 2.24) is 0 Å². The van der Waals surface area contributed by atoms with Gasteiger partial charge in [0.25, 0.3) is 0 Å². The molecule has 4 heteroatoms. The Morgan fingerprint density at radius 2 is 1.74 bits per heavy atom. The normalized spacial score (nSPS) is 20.1. The van der Waals surface area contributed by atoms with Crippen molar-refractivity contribution in [3.8, 4) is 0 Å². The molecule has 1 aliphatic rings. The molecular formula is C15H26O4. The van der Waals surface area contributed by atoms with Gasteiger partial charge in [-0.1, -0.05) is 0 Å². The third-order valence-corrected chi connectivity index (χ3v) is 3.43. The van der Waals surface area contributed by atoms with E-state index in [4.69, 9.17) is 9.47 Å². The Bertz CT molecular complexity index is 335. The van der Waals surface area contributed by atoms with Gasteiger partial charge >= 0.3 is 5.97 Å². The minimum absolute atomic E-state index is 0.124. The molecule has 0 aromatic carbocycles. The first kappa shape index (κ1) is 16.2. The Morgan fingerprint density at radius 3 is 2.16 bits per heavy atom. The molecule has 0 aromatic rings. The van der Waals surface area contributed by atoms with Crippen molar-refractivity contribution in [3.05, 3.63) is 0 Å². The predicted molar refractivity (Wildman–Crippen MR) is 72.8 cm³/mol. The lowest BCUT2D eigenvalue weighted by atomic mass is 9.88. The number of esters is 1. The minimum atomic E-state index is -0.760. The van der Waals surface area contributed by atoms with Crippen LogP contribution in [0.4, 0.5) is 0 Å². The maximum absolute atomic E-state index is 12.6. The lowest BCUT2D eigenvalue weighted by Crippen LogP contribution is -2.45. The second kappa shape index (κ2) is 6.04. The van der Waals surface area contributed by atoms with Crippen LogP contribution in [0, 0.1) is 5.92 Å². The summed E-state index contributed by atoms with van der Waals surface area (Å²) in [6.07, 6.45) is 3.39. The van der Waals surface area contributed by atoms with Crippen LogP contribution >= 0.6 is 0 Å². The number of ketones is 1. The monoisotopic (exact) mass is 270 g/mol. The van der Waals surface area contributed by atoms with Crippen LogP contribution in [-0.4, -0.2) is 29.6 Å². The van der Waals surface area contributed by atoms with Gasteiger partial charge in [-0.2, -0.15) is 0 Å². The van der Waals surface area contributed by atoms with Gasteiger partial charge in [0.15, 0.2) is 5.78 Å². The number of hydrogen-bond acceptors (Lipinski definition) is 4. The fourth-order valence-corrected chi connectivity index (χ4v) is 2.58. The van der Waals surface area contributed by atoms with E-state index in [-0.39, 0.29) is 5.78 Å². The number of carbonyl (C=O) groups is 2. The van der Waals surface area contributed by atoms with E-state index >= 15 is 0 Å². The number of Topliss-reactive ketones (excluding diaryl/α,β-unsaturated/α-hetero) is 1. The average molecular weight is 270 g/mol. The summed E-state index contributed by atoms with van der Waals surface area (Å²) in [5.41, 5.74) is -1.33. The topological polar surface area (TPSA) is 52.6 Å². The molecule has 110 valence electrons. The fourth-order valence-electron chi connectivity index (χ4n) is 2.58. The van der Waals surface area contributed by atoms with Gasteiger partial charge in [0.2, 0.25) is 0 Å². The van der Waals surface area contributed by atoms with Crippen LogP contribution < -0.4 is 0 Å². The lowest BCUT2D eigenvalue weighted by molar-refractivity contribution is -0.167. The molecular weight excluding hydrogens is 244 g/mol. The molecule has 0 aromatic heterocycles. The third kappa shape index (κ3) is 4.03. The zero-order valence-electron chi connectivity index (χ0n) is 12.7. The van der Waals surface area contributed by atoms with Gasteiger partial charge in [-0.25, -0.2) is 0 Å². The first-order valence-corrected chi connectivity index (χ1v) is 7.13. The summed E-state index contributed by atoms with van der Waals surface area (Å²) in [5, 5.41) is 0. The van der Waals surface area contributed by atoms with Crippen molar-refractivity contribution in [3.63, 3.8) is 0 Å². The number of ether oxygens (including phenoxy) is 2. The molecule has 1 saturated carbocycles. The van der Waals surface area contributed by atoms with Crippen molar-refractivity contribution in [2.75, 3.05) is 6.61 Å². The summed E-state index contributed by atoms with van der Waals surface area (Å²) in [7, 11) is 0. The molecule has 0 radical (unpaired) electrons. The molecule has 0 bridgehead atoms. The largest absolute Gasteiger partial charge is 0.459 e. The van der Waals surface area contributed by atoms with Gasteiger partial charge < -0.3 is 9.47 Å². The van der Waals surface area contributed by atoms with Crippen LogP contribution in [0.2, 0.25) is 0 Å². The first-order chi connectivity index (χ1) is 8.72. The molecule has 4 nitrogen and oxygen atoms in total. The minimum Gasteiger partial charge on any atom is -0.459 e. The Morgan fingerprint density at radius 1 is 1.21 bits per heavy atom. The Hall–Kier alpha value is -0.900. The molecule has 0 amide bonds.